The van der Waals surface area contributed by atoms with E-state index < -0.39 is 0 Å². The smallest absolute Gasteiger partial charge is 0.221 e. The number of nitrogens with one attached hydrogen (secondary N) is 2. The van der Waals surface area contributed by atoms with E-state index >= 15 is 0 Å². The highest BCUT2D eigenvalue weighted by atomic mass is 32.1. The average Bonchev–Trinajstić information content (AvgIpc) is 3.11. The van der Waals surface area contributed by atoms with Crippen molar-refractivity contribution in [1.29, 1.82) is 0 Å². The number of aliphatic imine (C=N–C) groups is 1. The molecule has 4 N–H and O–H groups in total. The van der Waals surface area contributed by atoms with Gasteiger partial charge >= 0.3 is 0 Å². The predicted molar refractivity (Wildman–Crippen MR) is 109 cm³/mol. The second-order valence-corrected chi connectivity index (χ2v) is 7.99. The Labute approximate surface area is 161 Å². The fourth-order valence-electron chi connectivity index (χ4n) is 3.20. The van der Waals surface area contributed by atoms with Crippen LogP contribution in [0.4, 0.5) is 0 Å². The molecule has 6 nitrogen and oxygen atoms in total. The van der Waals surface area contributed by atoms with E-state index in [9.17, 15) is 4.79 Å². The van der Waals surface area contributed by atoms with Crippen LogP contribution in [0.15, 0.2) is 17.1 Å². The molecule has 1 atom stereocenters. The van der Waals surface area contributed by atoms with Gasteiger partial charge in [0.25, 0.3) is 0 Å². The van der Waals surface area contributed by atoms with Crippen molar-refractivity contribution < 1.29 is 4.79 Å². The third-order valence-electron chi connectivity index (χ3n) is 4.65. The number of hydrogen-bond donors (Lipinski definition) is 3. The largest absolute Gasteiger partial charge is 0.369 e. The number of amides is 1. The molecular weight excluding hydrogens is 346 g/mol. The van der Waals surface area contributed by atoms with Crippen molar-refractivity contribution in [2.75, 3.05) is 32.7 Å². The summed E-state index contributed by atoms with van der Waals surface area (Å²) < 4.78 is 0. The monoisotopic (exact) mass is 379 g/mol. The van der Waals surface area contributed by atoms with Gasteiger partial charge in [-0.3, -0.25) is 4.79 Å². The minimum atomic E-state index is -0.158. The molecule has 26 heavy (non-hydrogen) atoms. The highest BCUT2D eigenvalue weighted by Gasteiger charge is 2.23. The highest BCUT2D eigenvalue weighted by molar-refractivity contribution is 7.11. The fourth-order valence-corrected chi connectivity index (χ4v) is 4.08. The SMILES string of the molecule is CCNC(=NCc1ccc(CC)s1)NCCCN1CCCC(C(N)=O)C1. The molecule has 0 spiro atoms. The van der Waals surface area contributed by atoms with Crippen molar-refractivity contribution in [3.63, 3.8) is 0 Å². The van der Waals surface area contributed by atoms with Crippen LogP contribution in [0.1, 0.15) is 42.9 Å². The van der Waals surface area contributed by atoms with Gasteiger partial charge in [0, 0.05) is 29.4 Å². The van der Waals surface area contributed by atoms with Crippen molar-refractivity contribution in [3.05, 3.63) is 21.9 Å². The van der Waals surface area contributed by atoms with Crippen molar-refractivity contribution >= 4 is 23.2 Å². The van der Waals surface area contributed by atoms with Gasteiger partial charge < -0.3 is 21.3 Å². The second kappa shape index (κ2) is 11.2. The first kappa shape index (κ1) is 20.7. The third kappa shape index (κ3) is 6.96. The number of rotatable bonds is 9. The maximum absolute atomic E-state index is 11.4. The van der Waals surface area contributed by atoms with Gasteiger partial charge in [-0.15, -0.1) is 11.3 Å². The average molecular weight is 380 g/mol. The molecule has 0 aromatic carbocycles. The summed E-state index contributed by atoms with van der Waals surface area (Å²) in [6, 6.07) is 4.36. The Hall–Kier alpha value is -1.60. The van der Waals surface area contributed by atoms with E-state index in [0.717, 1.165) is 64.4 Å². The summed E-state index contributed by atoms with van der Waals surface area (Å²) in [5.41, 5.74) is 5.45. The van der Waals surface area contributed by atoms with Gasteiger partial charge in [0.15, 0.2) is 5.96 Å². The molecule has 2 rings (SSSR count). The van der Waals surface area contributed by atoms with E-state index in [1.165, 1.54) is 9.75 Å². The predicted octanol–water partition coefficient (Wildman–Crippen LogP) is 1.95. The first-order valence-corrected chi connectivity index (χ1v) is 10.6. The fraction of sp³-hybridized carbons (Fsp3) is 0.684. The standard InChI is InChI=1S/C19H33N5OS/c1-3-16-8-9-17(26-16)13-23-19(21-4-2)22-10-6-12-24-11-5-7-15(14-24)18(20)25/h8-9,15H,3-7,10-14H2,1-2H3,(H2,20,25)(H2,21,22,23). The summed E-state index contributed by atoms with van der Waals surface area (Å²) in [6.07, 6.45) is 4.10. The molecule has 1 fully saturated rings. The lowest BCUT2D eigenvalue weighted by Gasteiger charge is -2.31. The first-order valence-electron chi connectivity index (χ1n) is 9.73. The Balaban J connectivity index is 1.72. The Kier molecular flexibility index (Phi) is 8.91. The van der Waals surface area contributed by atoms with E-state index in [1.54, 1.807) is 0 Å². The number of thiophene rings is 1. The van der Waals surface area contributed by atoms with Crippen LogP contribution >= 0.6 is 11.3 Å². The summed E-state index contributed by atoms with van der Waals surface area (Å²) in [5.74, 6) is 0.733. The lowest BCUT2D eigenvalue weighted by molar-refractivity contribution is -0.123. The Morgan fingerprint density at radius 1 is 1.35 bits per heavy atom. The number of piperidine rings is 1. The van der Waals surface area contributed by atoms with Crippen molar-refractivity contribution in [1.82, 2.24) is 15.5 Å². The molecule has 1 aliphatic rings. The van der Waals surface area contributed by atoms with Crippen LogP contribution in [-0.2, 0) is 17.8 Å². The molecule has 0 bridgehead atoms. The topological polar surface area (TPSA) is 82.8 Å². The summed E-state index contributed by atoms with van der Waals surface area (Å²) in [5, 5.41) is 6.71. The van der Waals surface area contributed by atoms with Gasteiger partial charge in [0.05, 0.1) is 12.5 Å². The summed E-state index contributed by atoms with van der Waals surface area (Å²) in [7, 11) is 0. The molecule has 2 heterocycles. The van der Waals surface area contributed by atoms with Crippen molar-refractivity contribution in [2.45, 2.75) is 46.1 Å². The van der Waals surface area contributed by atoms with Crippen LogP contribution < -0.4 is 16.4 Å². The summed E-state index contributed by atoms with van der Waals surface area (Å²) in [4.78, 5) is 21.1. The van der Waals surface area contributed by atoms with E-state index in [2.05, 4.69) is 46.5 Å². The zero-order valence-electron chi connectivity index (χ0n) is 16.1. The van der Waals surface area contributed by atoms with Crippen molar-refractivity contribution in [2.24, 2.45) is 16.6 Å². The molecule has 1 amide bonds. The Morgan fingerprint density at radius 2 is 2.15 bits per heavy atom. The summed E-state index contributed by atoms with van der Waals surface area (Å²) >= 11 is 1.84. The Morgan fingerprint density at radius 3 is 2.85 bits per heavy atom. The molecular formula is C19H33N5OS. The third-order valence-corrected chi connectivity index (χ3v) is 5.87. The van der Waals surface area contributed by atoms with Gasteiger partial charge in [-0.25, -0.2) is 4.99 Å². The number of nitrogens with zero attached hydrogens (tertiary/aromatic N) is 2. The van der Waals surface area contributed by atoms with Crippen LogP contribution in [-0.4, -0.2) is 49.5 Å². The van der Waals surface area contributed by atoms with Gasteiger partial charge in [-0.2, -0.15) is 0 Å². The maximum atomic E-state index is 11.4. The van der Waals surface area contributed by atoms with Crippen LogP contribution in [0.25, 0.3) is 0 Å². The maximum Gasteiger partial charge on any atom is 0.221 e. The number of carbonyl (C=O) groups is 1. The molecule has 7 heteroatoms. The van der Waals surface area contributed by atoms with Crippen LogP contribution in [0.3, 0.4) is 0 Å². The van der Waals surface area contributed by atoms with Gasteiger partial charge in [0.1, 0.15) is 0 Å². The van der Waals surface area contributed by atoms with Gasteiger partial charge in [0.2, 0.25) is 5.91 Å². The van der Waals surface area contributed by atoms with Crippen LogP contribution in [0.5, 0.6) is 0 Å². The van der Waals surface area contributed by atoms with E-state index in [1.807, 2.05) is 11.3 Å². The number of likely N-dealkylation sites (tertiary alicyclic amines) is 1. The zero-order chi connectivity index (χ0) is 18.8. The number of primary amides is 1. The molecule has 1 aromatic heterocycles. The molecule has 0 saturated carbocycles. The second-order valence-electron chi connectivity index (χ2n) is 6.74. The van der Waals surface area contributed by atoms with Crippen molar-refractivity contribution in [3.8, 4) is 0 Å². The van der Waals surface area contributed by atoms with E-state index in [0.29, 0.717) is 6.54 Å². The quantitative estimate of drug-likeness (QED) is 0.348. The first-order chi connectivity index (χ1) is 12.6. The molecule has 0 radical (unpaired) electrons. The highest BCUT2D eigenvalue weighted by Crippen LogP contribution is 2.17. The molecule has 146 valence electrons. The van der Waals surface area contributed by atoms with E-state index in [-0.39, 0.29) is 11.8 Å². The molecule has 1 aromatic rings. The zero-order valence-corrected chi connectivity index (χ0v) is 16.9. The lowest BCUT2D eigenvalue weighted by Crippen LogP contribution is -2.43. The number of guanidine groups is 1. The lowest BCUT2D eigenvalue weighted by atomic mass is 9.97. The van der Waals surface area contributed by atoms with Crippen LogP contribution in [0.2, 0.25) is 0 Å². The summed E-state index contributed by atoms with van der Waals surface area (Å²) in [6.45, 7) is 9.55. The molecule has 1 saturated heterocycles. The van der Waals surface area contributed by atoms with Gasteiger partial charge in [-0.1, -0.05) is 6.92 Å². The Bertz CT molecular complexity index is 586. The normalized spacial score (nSPS) is 18.7. The van der Waals surface area contributed by atoms with Gasteiger partial charge in [-0.05, 0) is 57.8 Å². The molecule has 1 unspecified atom stereocenters. The number of nitrogens with two attached hydrogens (primary N) is 1. The van der Waals surface area contributed by atoms with Crippen LogP contribution in [0, 0.1) is 5.92 Å². The number of hydrogen-bond acceptors (Lipinski definition) is 4. The molecule has 1 aliphatic heterocycles. The minimum Gasteiger partial charge on any atom is -0.369 e. The minimum absolute atomic E-state index is 0.0226. The van der Waals surface area contributed by atoms with E-state index in [4.69, 9.17) is 5.73 Å². The molecule has 0 aliphatic carbocycles. The number of carbonyl (C=O) groups excluding carboxylic acids is 1. The number of aryl methyl sites for hydroxylation is 1.